The highest BCUT2D eigenvalue weighted by Gasteiger charge is 2.28. The SMILES string of the molecule is O=C(Nc1ccc(Oc2ccnnc2)cc1)[C@H]1CCCCN1Cc1ccccn1. The predicted molar refractivity (Wildman–Crippen MR) is 109 cm³/mol. The van der Waals surface area contributed by atoms with Gasteiger partial charge in [0, 0.05) is 24.5 Å². The molecule has 2 aromatic heterocycles. The van der Waals surface area contributed by atoms with Crippen molar-refractivity contribution in [1.82, 2.24) is 20.1 Å². The molecule has 0 bridgehead atoms. The van der Waals surface area contributed by atoms with E-state index in [9.17, 15) is 4.79 Å². The maximum atomic E-state index is 12.9. The van der Waals surface area contributed by atoms with Crippen molar-refractivity contribution in [3.63, 3.8) is 0 Å². The highest BCUT2D eigenvalue weighted by Crippen LogP contribution is 2.24. The van der Waals surface area contributed by atoms with Crippen molar-refractivity contribution >= 4 is 11.6 Å². The zero-order chi connectivity index (χ0) is 19.9. The summed E-state index contributed by atoms with van der Waals surface area (Å²) in [6.07, 6.45) is 7.94. The molecule has 1 atom stereocenters. The summed E-state index contributed by atoms with van der Waals surface area (Å²) in [6, 6.07) is 14.8. The van der Waals surface area contributed by atoms with Crippen LogP contribution in [0.4, 0.5) is 5.69 Å². The molecule has 3 heterocycles. The van der Waals surface area contributed by atoms with E-state index >= 15 is 0 Å². The lowest BCUT2D eigenvalue weighted by molar-refractivity contribution is -0.122. The van der Waals surface area contributed by atoms with Crippen LogP contribution in [0.5, 0.6) is 11.5 Å². The summed E-state index contributed by atoms with van der Waals surface area (Å²) in [5, 5.41) is 10.6. The number of anilines is 1. The largest absolute Gasteiger partial charge is 0.456 e. The first kappa shape index (κ1) is 19.0. The van der Waals surface area contributed by atoms with Gasteiger partial charge in [0.15, 0.2) is 0 Å². The highest BCUT2D eigenvalue weighted by atomic mass is 16.5. The fourth-order valence-electron chi connectivity index (χ4n) is 3.48. The number of hydrogen-bond acceptors (Lipinski definition) is 6. The van der Waals surface area contributed by atoms with Crippen LogP contribution in [0.2, 0.25) is 0 Å². The summed E-state index contributed by atoms with van der Waals surface area (Å²) in [5.74, 6) is 1.31. The molecule has 1 saturated heterocycles. The molecule has 4 rings (SSSR count). The number of pyridine rings is 1. The van der Waals surface area contributed by atoms with Gasteiger partial charge in [0.25, 0.3) is 0 Å². The number of piperidine rings is 1. The van der Waals surface area contributed by atoms with Gasteiger partial charge in [0.05, 0.1) is 24.1 Å². The standard InChI is InChI=1S/C22H23N5O2/c28-22(21-6-2-4-14-27(21)16-18-5-1-3-12-23-18)26-17-7-9-19(10-8-17)29-20-11-13-24-25-15-20/h1,3,5,7-13,15,21H,2,4,6,14,16H2,(H,26,28)/t21-/m1/s1. The van der Waals surface area contributed by atoms with Crippen LogP contribution in [0.1, 0.15) is 25.0 Å². The van der Waals surface area contributed by atoms with Crippen LogP contribution >= 0.6 is 0 Å². The molecule has 0 aliphatic carbocycles. The first-order chi connectivity index (χ1) is 14.3. The van der Waals surface area contributed by atoms with Gasteiger partial charge in [-0.15, -0.1) is 0 Å². The Kier molecular flexibility index (Phi) is 6.07. The molecule has 0 spiro atoms. The third kappa shape index (κ3) is 5.14. The molecule has 1 aliphatic rings. The third-order valence-corrected chi connectivity index (χ3v) is 4.92. The van der Waals surface area contributed by atoms with Crippen LogP contribution in [-0.2, 0) is 11.3 Å². The number of amides is 1. The molecule has 148 valence electrons. The second kappa shape index (κ2) is 9.25. The maximum Gasteiger partial charge on any atom is 0.241 e. The molecular weight excluding hydrogens is 366 g/mol. The molecule has 0 saturated carbocycles. The van der Waals surface area contributed by atoms with Crippen molar-refractivity contribution in [2.45, 2.75) is 31.8 Å². The molecule has 1 fully saturated rings. The number of nitrogens with one attached hydrogen (secondary N) is 1. The number of rotatable bonds is 6. The summed E-state index contributed by atoms with van der Waals surface area (Å²) in [7, 11) is 0. The third-order valence-electron chi connectivity index (χ3n) is 4.92. The predicted octanol–water partition coefficient (Wildman–Crippen LogP) is 3.66. The Labute approximate surface area is 169 Å². The van der Waals surface area contributed by atoms with Crippen molar-refractivity contribution in [2.75, 3.05) is 11.9 Å². The molecule has 7 heteroatoms. The average molecular weight is 389 g/mol. The minimum Gasteiger partial charge on any atom is -0.456 e. The molecule has 7 nitrogen and oxygen atoms in total. The molecule has 1 N–H and O–H groups in total. The van der Waals surface area contributed by atoms with Gasteiger partial charge in [0.1, 0.15) is 11.5 Å². The van der Waals surface area contributed by atoms with Crippen LogP contribution in [0.3, 0.4) is 0 Å². The lowest BCUT2D eigenvalue weighted by atomic mass is 10.0. The van der Waals surface area contributed by atoms with Crippen LogP contribution in [0, 0.1) is 0 Å². The van der Waals surface area contributed by atoms with E-state index in [1.807, 2.05) is 42.5 Å². The number of likely N-dealkylation sites (tertiary alicyclic amines) is 1. The molecule has 1 aromatic carbocycles. The summed E-state index contributed by atoms with van der Waals surface area (Å²) in [5.41, 5.74) is 1.73. The maximum absolute atomic E-state index is 12.9. The Hall–Kier alpha value is -3.32. The van der Waals surface area contributed by atoms with Crippen LogP contribution in [-0.4, -0.2) is 38.6 Å². The van der Waals surface area contributed by atoms with E-state index in [1.165, 1.54) is 0 Å². The van der Waals surface area contributed by atoms with Gasteiger partial charge < -0.3 is 10.1 Å². The zero-order valence-corrected chi connectivity index (χ0v) is 16.1. The summed E-state index contributed by atoms with van der Waals surface area (Å²) in [6.45, 7) is 1.59. The van der Waals surface area contributed by atoms with Crippen molar-refractivity contribution in [2.24, 2.45) is 0 Å². The monoisotopic (exact) mass is 389 g/mol. The topological polar surface area (TPSA) is 80.2 Å². The Morgan fingerprint density at radius 1 is 1.03 bits per heavy atom. The molecule has 29 heavy (non-hydrogen) atoms. The molecule has 0 radical (unpaired) electrons. The van der Waals surface area contributed by atoms with Crippen LogP contribution in [0.25, 0.3) is 0 Å². The molecule has 1 amide bonds. The summed E-state index contributed by atoms with van der Waals surface area (Å²) < 4.78 is 5.71. The number of carbonyl (C=O) groups excluding carboxylic acids is 1. The zero-order valence-electron chi connectivity index (χ0n) is 16.1. The first-order valence-corrected chi connectivity index (χ1v) is 9.77. The number of ether oxygens (including phenoxy) is 1. The minimum atomic E-state index is -0.149. The van der Waals surface area contributed by atoms with Crippen molar-refractivity contribution in [3.05, 3.63) is 72.8 Å². The summed E-state index contributed by atoms with van der Waals surface area (Å²) >= 11 is 0. The van der Waals surface area contributed by atoms with Crippen LogP contribution < -0.4 is 10.1 Å². The summed E-state index contributed by atoms with van der Waals surface area (Å²) in [4.78, 5) is 19.5. The van der Waals surface area contributed by atoms with Crippen molar-refractivity contribution in [3.8, 4) is 11.5 Å². The van der Waals surface area contributed by atoms with E-state index in [-0.39, 0.29) is 11.9 Å². The highest BCUT2D eigenvalue weighted by molar-refractivity contribution is 5.94. The number of benzene rings is 1. The van der Waals surface area contributed by atoms with Gasteiger partial charge >= 0.3 is 0 Å². The lowest BCUT2D eigenvalue weighted by Crippen LogP contribution is -2.46. The van der Waals surface area contributed by atoms with E-state index in [0.29, 0.717) is 18.0 Å². The van der Waals surface area contributed by atoms with Gasteiger partial charge in [-0.25, -0.2) is 0 Å². The van der Waals surface area contributed by atoms with Gasteiger partial charge in [-0.3, -0.25) is 14.7 Å². The van der Waals surface area contributed by atoms with Gasteiger partial charge in [-0.05, 0) is 55.8 Å². The quantitative estimate of drug-likeness (QED) is 0.693. The number of nitrogens with zero attached hydrogens (tertiary/aromatic N) is 4. The molecule has 3 aromatic rings. The normalized spacial score (nSPS) is 16.9. The molecular formula is C22H23N5O2. The first-order valence-electron chi connectivity index (χ1n) is 9.77. The fourth-order valence-corrected chi connectivity index (χ4v) is 3.48. The van der Waals surface area contributed by atoms with E-state index in [4.69, 9.17) is 4.74 Å². The lowest BCUT2D eigenvalue weighted by Gasteiger charge is -2.34. The second-order valence-corrected chi connectivity index (χ2v) is 7.00. The molecule has 0 unspecified atom stereocenters. The Bertz CT molecular complexity index is 919. The molecule has 1 aliphatic heterocycles. The number of aromatic nitrogens is 3. The van der Waals surface area contributed by atoms with E-state index in [2.05, 4.69) is 25.4 Å². The Balaban J connectivity index is 1.38. The van der Waals surface area contributed by atoms with E-state index in [0.717, 1.165) is 37.2 Å². The fraction of sp³-hybridized carbons (Fsp3) is 0.273. The Morgan fingerprint density at radius 2 is 1.93 bits per heavy atom. The minimum absolute atomic E-state index is 0.0210. The average Bonchev–Trinajstić information content (AvgIpc) is 2.77. The van der Waals surface area contributed by atoms with Crippen molar-refractivity contribution < 1.29 is 9.53 Å². The van der Waals surface area contributed by atoms with E-state index < -0.39 is 0 Å². The van der Waals surface area contributed by atoms with Crippen molar-refractivity contribution in [1.29, 1.82) is 0 Å². The number of hydrogen-bond donors (Lipinski definition) is 1. The van der Waals surface area contributed by atoms with Gasteiger partial charge in [-0.1, -0.05) is 12.5 Å². The Morgan fingerprint density at radius 3 is 2.69 bits per heavy atom. The van der Waals surface area contributed by atoms with Gasteiger partial charge in [-0.2, -0.15) is 10.2 Å². The smallest absolute Gasteiger partial charge is 0.241 e. The van der Waals surface area contributed by atoms with Gasteiger partial charge in [0.2, 0.25) is 5.91 Å². The number of carbonyl (C=O) groups is 1. The van der Waals surface area contributed by atoms with Crippen LogP contribution in [0.15, 0.2) is 67.1 Å². The second-order valence-electron chi connectivity index (χ2n) is 7.00. The van der Waals surface area contributed by atoms with E-state index in [1.54, 1.807) is 24.7 Å².